The summed E-state index contributed by atoms with van der Waals surface area (Å²) in [5.74, 6) is -1.76. The van der Waals surface area contributed by atoms with Gasteiger partial charge < -0.3 is 41.2 Å². The molecule has 0 saturated carbocycles. The zero-order valence-corrected chi connectivity index (χ0v) is 18.7. The normalized spacial score (nSPS) is 11.6. The van der Waals surface area contributed by atoms with Gasteiger partial charge in [0.1, 0.15) is 11.6 Å². The van der Waals surface area contributed by atoms with Crippen LogP contribution in [0.3, 0.4) is 0 Å². The van der Waals surface area contributed by atoms with Crippen molar-refractivity contribution in [3.05, 3.63) is 53.3 Å². The summed E-state index contributed by atoms with van der Waals surface area (Å²) >= 11 is 0. The molecule has 34 heavy (non-hydrogen) atoms. The topological polar surface area (TPSA) is 180 Å². The molecule has 0 saturated heterocycles. The fourth-order valence-corrected chi connectivity index (χ4v) is 3.37. The number of nitrogens with zero attached hydrogens (tertiary/aromatic N) is 1. The Morgan fingerprint density at radius 2 is 1.79 bits per heavy atom. The minimum atomic E-state index is -2.01. The summed E-state index contributed by atoms with van der Waals surface area (Å²) in [5, 5.41) is 37.2. The summed E-state index contributed by atoms with van der Waals surface area (Å²) in [5.41, 5.74) is 11.2. The number of carbonyl (C=O) groups is 2. The number of rotatable bonds is 12. The fourth-order valence-electron chi connectivity index (χ4n) is 3.37. The van der Waals surface area contributed by atoms with Gasteiger partial charge in [-0.15, -0.1) is 0 Å². The van der Waals surface area contributed by atoms with E-state index in [-0.39, 0.29) is 29.6 Å². The van der Waals surface area contributed by atoms with E-state index in [1.807, 2.05) is 0 Å². The molecule has 0 heterocycles. The lowest BCUT2D eigenvalue weighted by molar-refractivity contribution is -0.119. The Morgan fingerprint density at radius 1 is 1.09 bits per heavy atom. The number of unbranched alkanes of at least 4 members (excludes halogenated alkanes) is 1. The van der Waals surface area contributed by atoms with Crippen molar-refractivity contribution in [3.8, 4) is 5.75 Å². The third-order valence-corrected chi connectivity index (χ3v) is 5.34. The lowest BCUT2D eigenvalue weighted by atomic mass is 9.79. The predicted octanol–water partition coefficient (Wildman–Crippen LogP) is -2.18. The first kappa shape index (κ1) is 27.3. The Balaban J connectivity index is 2.28. The molecule has 0 bridgehead atoms. The number of hydrogen-bond donors (Lipinski definition) is 6. The maximum atomic E-state index is 14.2. The van der Waals surface area contributed by atoms with Crippen LogP contribution in [0.15, 0.2) is 36.4 Å². The molecule has 2 aromatic carbocycles. The van der Waals surface area contributed by atoms with Crippen LogP contribution in [0.2, 0.25) is 0 Å². The molecule has 2 rings (SSSR count). The molecule has 0 aromatic heterocycles. The Kier molecular flexibility index (Phi) is 10.0. The molecule has 2 amide bonds. The minimum absolute atomic E-state index is 0.00268. The van der Waals surface area contributed by atoms with E-state index in [2.05, 4.69) is 0 Å². The predicted molar refractivity (Wildman–Crippen MR) is 125 cm³/mol. The number of amides is 2. The standard InChI is InChI=1S/C21H28B2FN3O7/c1-34-19-11-15(22(30)31)7-5-14(19)12-27(9-3-2-4-18(25)20(26)28)21(29)13-6-8-16(23(32)33)17(24)10-13/h5-8,10-11,18,30-33H,2-4,9,12,25H2,1H3,(H2,26,28). The van der Waals surface area contributed by atoms with Crippen LogP contribution in [0.1, 0.15) is 35.2 Å². The van der Waals surface area contributed by atoms with E-state index in [1.165, 1.54) is 30.2 Å². The maximum absolute atomic E-state index is 14.2. The second-order valence-electron chi connectivity index (χ2n) is 7.79. The van der Waals surface area contributed by atoms with E-state index in [9.17, 15) is 34.1 Å². The molecule has 1 atom stereocenters. The van der Waals surface area contributed by atoms with Crippen molar-refractivity contribution < 1.29 is 38.8 Å². The van der Waals surface area contributed by atoms with Crippen molar-refractivity contribution in [2.45, 2.75) is 31.8 Å². The highest BCUT2D eigenvalue weighted by atomic mass is 19.1. The van der Waals surface area contributed by atoms with Crippen molar-refractivity contribution in [2.75, 3.05) is 13.7 Å². The van der Waals surface area contributed by atoms with Gasteiger partial charge >= 0.3 is 14.2 Å². The molecule has 0 spiro atoms. The summed E-state index contributed by atoms with van der Waals surface area (Å²) in [7, 11) is -2.31. The van der Waals surface area contributed by atoms with Crippen molar-refractivity contribution in [3.63, 3.8) is 0 Å². The number of primary amides is 1. The molecular weight excluding hydrogens is 447 g/mol. The van der Waals surface area contributed by atoms with Crippen LogP contribution in [0.4, 0.5) is 4.39 Å². The third-order valence-electron chi connectivity index (χ3n) is 5.34. The van der Waals surface area contributed by atoms with Crippen molar-refractivity contribution in [1.82, 2.24) is 4.90 Å². The monoisotopic (exact) mass is 475 g/mol. The Morgan fingerprint density at radius 3 is 2.35 bits per heavy atom. The van der Waals surface area contributed by atoms with Crippen molar-refractivity contribution in [1.29, 1.82) is 0 Å². The van der Waals surface area contributed by atoms with Gasteiger partial charge in [-0.2, -0.15) is 0 Å². The number of carbonyl (C=O) groups excluding carboxylic acids is 2. The van der Waals surface area contributed by atoms with E-state index in [0.29, 0.717) is 30.6 Å². The van der Waals surface area contributed by atoms with E-state index >= 15 is 0 Å². The summed E-state index contributed by atoms with van der Waals surface area (Å²) in [6.07, 6.45) is 1.31. The smallest absolute Gasteiger partial charge is 0.491 e. The molecule has 8 N–H and O–H groups in total. The van der Waals surface area contributed by atoms with Gasteiger partial charge in [0.15, 0.2) is 0 Å². The highest BCUT2D eigenvalue weighted by molar-refractivity contribution is 6.59. The average molecular weight is 475 g/mol. The van der Waals surface area contributed by atoms with Gasteiger partial charge in [-0.25, -0.2) is 4.39 Å². The Hall–Kier alpha value is -2.96. The third kappa shape index (κ3) is 7.27. The van der Waals surface area contributed by atoms with Gasteiger partial charge in [-0.05, 0) is 42.9 Å². The molecule has 0 radical (unpaired) electrons. The summed E-state index contributed by atoms with van der Waals surface area (Å²) in [6.45, 7) is 0.279. The largest absolute Gasteiger partial charge is 0.496 e. The Labute approximate surface area is 197 Å². The lowest BCUT2D eigenvalue weighted by Crippen LogP contribution is -2.37. The Bertz CT molecular complexity index is 1010. The van der Waals surface area contributed by atoms with Crippen molar-refractivity contribution in [2.24, 2.45) is 11.5 Å². The van der Waals surface area contributed by atoms with Gasteiger partial charge in [0, 0.05) is 29.7 Å². The highest BCUT2D eigenvalue weighted by Crippen LogP contribution is 2.21. The van der Waals surface area contributed by atoms with Crippen LogP contribution >= 0.6 is 0 Å². The zero-order valence-electron chi connectivity index (χ0n) is 18.7. The molecule has 0 aliphatic heterocycles. The van der Waals surface area contributed by atoms with Gasteiger partial charge in [0.05, 0.1) is 13.2 Å². The van der Waals surface area contributed by atoms with Gasteiger partial charge in [-0.3, -0.25) is 9.59 Å². The van der Waals surface area contributed by atoms with Crippen molar-refractivity contribution >= 4 is 37.0 Å². The number of hydrogen-bond acceptors (Lipinski definition) is 8. The van der Waals surface area contributed by atoms with Crippen LogP contribution in [0.25, 0.3) is 0 Å². The number of nitrogens with two attached hydrogens (primary N) is 2. The van der Waals surface area contributed by atoms with E-state index in [0.717, 1.165) is 12.1 Å². The van der Waals surface area contributed by atoms with Gasteiger partial charge in [-0.1, -0.05) is 18.2 Å². The van der Waals surface area contributed by atoms with E-state index in [1.54, 1.807) is 6.07 Å². The molecule has 10 nitrogen and oxygen atoms in total. The first-order valence-corrected chi connectivity index (χ1v) is 10.6. The van der Waals surface area contributed by atoms with Crippen LogP contribution < -0.4 is 27.1 Å². The number of benzene rings is 2. The fraction of sp³-hybridized carbons (Fsp3) is 0.333. The van der Waals surface area contributed by atoms with Gasteiger partial charge in [0.2, 0.25) is 5.91 Å². The zero-order chi connectivity index (χ0) is 25.4. The molecule has 182 valence electrons. The summed E-state index contributed by atoms with van der Waals surface area (Å²) < 4.78 is 19.6. The van der Waals surface area contributed by atoms with Crippen LogP contribution in [-0.2, 0) is 11.3 Å². The highest BCUT2D eigenvalue weighted by Gasteiger charge is 2.23. The quantitative estimate of drug-likeness (QED) is 0.148. The lowest BCUT2D eigenvalue weighted by Gasteiger charge is -2.25. The first-order chi connectivity index (χ1) is 16.0. The minimum Gasteiger partial charge on any atom is -0.496 e. The SMILES string of the molecule is COc1cc(B(O)O)ccc1CN(CCCCC(N)C(N)=O)C(=O)c1ccc(B(O)O)c(F)c1. The number of methoxy groups -OCH3 is 1. The molecule has 1 unspecified atom stereocenters. The maximum Gasteiger partial charge on any atom is 0.491 e. The number of ether oxygens (including phenoxy) is 1. The summed E-state index contributed by atoms with van der Waals surface area (Å²) in [6, 6.07) is 7.04. The number of halogens is 1. The van der Waals surface area contributed by atoms with Crippen LogP contribution in [0, 0.1) is 5.82 Å². The van der Waals surface area contributed by atoms with Gasteiger partial charge in [0.25, 0.3) is 5.91 Å². The van der Waals surface area contributed by atoms with E-state index in [4.69, 9.17) is 16.2 Å². The molecule has 2 aromatic rings. The summed E-state index contributed by atoms with van der Waals surface area (Å²) in [4.78, 5) is 25.8. The molecule has 0 fully saturated rings. The van der Waals surface area contributed by atoms with E-state index < -0.39 is 37.9 Å². The van der Waals surface area contributed by atoms with Crippen LogP contribution in [0.5, 0.6) is 5.75 Å². The molecule has 13 heteroatoms. The molecule has 0 aliphatic carbocycles. The second kappa shape index (κ2) is 12.5. The average Bonchev–Trinajstić information content (AvgIpc) is 2.79. The van der Waals surface area contributed by atoms with Crippen LogP contribution in [-0.4, -0.2) is 70.7 Å². The molecular formula is C21H28B2FN3O7. The molecule has 0 aliphatic rings. The second-order valence-corrected chi connectivity index (χ2v) is 7.79. The first-order valence-electron chi connectivity index (χ1n) is 10.6.